The summed E-state index contributed by atoms with van der Waals surface area (Å²) < 4.78 is 13.1. The van der Waals surface area contributed by atoms with E-state index in [4.69, 9.17) is 5.84 Å². The second-order valence-corrected chi connectivity index (χ2v) is 3.45. The van der Waals surface area contributed by atoms with Crippen LogP contribution < -0.4 is 16.2 Å². The van der Waals surface area contributed by atoms with Crippen LogP contribution in [-0.2, 0) is 0 Å². The van der Waals surface area contributed by atoms with Gasteiger partial charge in [-0.05, 0) is 18.2 Å². The summed E-state index contributed by atoms with van der Waals surface area (Å²) in [6.07, 6.45) is 3.08. The van der Waals surface area contributed by atoms with E-state index in [0.717, 1.165) is 0 Å². The number of nitrogens with two attached hydrogens (primary N) is 1. The maximum Gasteiger partial charge on any atom is 0.160 e. The maximum absolute atomic E-state index is 13.1. The van der Waals surface area contributed by atoms with E-state index in [1.54, 1.807) is 30.3 Å². The van der Waals surface area contributed by atoms with Crippen molar-refractivity contribution in [2.75, 3.05) is 17.4 Å². The van der Waals surface area contributed by atoms with Crippen molar-refractivity contribution in [2.45, 2.75) is 0 Å². The van der Waals surface area contributed by atoms with Crippen LogP contribution in [0, 0.1) is 5.82 Å². The first kappa shape index (κ1) is 11.3. The number of hydrogen-bond donors (Lipinski definition) is 2. The number of halogens is 1. The summed E-state index contributed by atoms with van der Waals surface area (Å²) in [6, 6.07) is 6.23. The maximum atomic E-state index is 13.1. The van der Waals surface area contributed by atoms with Crippen molar-refractivity contribution in [1.29, 1.82) is 0 Å². The van der Waals surface area contributed by atoms with E-state index in [2.05, 4.69) is 15.4 Å². The fourth-order valence-electron chi connectivity index (χ4n) is 1.40. The minimum Gasteiger partial charge on any atom is -0.328 e. The monoisotopic (exact) mass is 233 g/mol. The molecule has 0 saturated heterocycles. The summed E-state index contributed by atoms with van der Waals surface area (Å²) in [5.74, 6) is 5.98. The average molecular weight is 233 g/mol. The molecule has 0 spiro atoms. The minimum absolute atomic E-state index is 0.296. The highest BCUT2D eigenvalue weighted by molar-refractivity contribution is 5.59. The Morgan fingerprint density at radius 1 is 1.35 bits per heavy atom. The first-order valence-corrected chi connectivity index (χ1v) is 4.98. The van der Waals surface area contributed by atoms with Crippen molar-refractivity contribution < 1.29 is 4.39 Å². The molecular weight excluding hydrogens is 221 g/mol. The van der Waals surface area contributed by atoms with E-state index >= 15 is 0 Å². The zero-order valence-corrected chi connectivity index (χ0v) is 9.26. The van der Waals surface area contributed by atoms with Crippen molar-refractivity contribution in [2.24, 2.45) is 5.84 Å². The topological polar surface area (TPSA) is 67.1 Å². The molecule has 0 aliphatic rings. The van der Waals surface area contributed by atoms with Crippen LogP contribution in [0.1, 0.15) is 0 Å². The number of hydrazine groups is 1. The molecule has 0 radical (unpaired) electrons. The average Bonchev–Trinajstić information content (AvgIpc) is 2.38. The molecule has 0 aliphatic heterocycles. The van der Waals surface area contributed by atoms with Crippen LogP contribution in [0.15, 0.2) is 36.7 Å². The van der Waals surface area contributed by atoms with Gasteiger partial charge in [0.1, 0.15) is 5.82 Å². The second kappa shape index (κ2) is 4.75. The molecule has 5 nitrogen and oxygen atoms in total. The highest BCUT2D eigenvalue weighted by atomic mass is 19.1. The van der Waals surface area contributed by atoms with Gasteiger partial charge in [0.15, 0.2) is 11.6 Å². The molecular formula is C11H12FN5. The number of rotatable bonds is 3. The van der Waals surface area contributed by atoms with E-state index in [1.165, 1.54) is 18.3 Å². The van der Waals surface area contributed by atoms with Crippen molar-refractivity contribution >= 4 is 17.3 Å². The highest BCUT2D eigenvalue weighted by Gasteiger charge is 2.07. The molecule has 6 heteroatoms. The van der Waals surface area contributed by atoms with Gasteiger partial charge in [-0.25, -0.2) is 15.2 Å². The standard InChI is InChI=1S/C11H12FN5/c1-17(9-4-2-3-8(12)5-9)11-7-14-6-10(15-11)16-13/h2-7H,13H2,1H3,(H,15,16). The lowest BCUT2D eigenvalue weighted by molar-refractivity contribution is 0.628. The van der Waals surface area contributed by atoms with E-state index in [9.17, 15) is 4.39 Å². The molecule has 3 N–H and O–H groups in total. The third kappa shape index (κ3) is 2.48. The molecule has 0 atom stereocenters. The third-order valence-electron chi connectivity index (χ3n) is 2.31. The molecule has 1 aromatic carbocycles. The Bertz CT molecular complexity index is 517. The fraction of sp³-hybridized carbons (Fsp3) is 0.0909. The van der Waals surface area contributed by atoms with Gasteiger partial charge in [0.2, 0.25) is 0 Å². The van der Waals surface area contributed by atoms with Crippen molar-refractivity contribution in [3.05, 3.63) is 42.5 Å². The van der Waals surface area contributed by atoms with E-state index < -0.39 is 0 Å². The summed E-state index contributed by atoms with van der Waals surface area (Å²) in [5.41, 5.74) is 3.10. The van der Waals surface area contributed by atoms with E-state index in [1.807, 2.05) is 0 Å². The Morgan fingerprint density at radius 2 is 2.18 bits per heavy atom. The molecule has 17 heavy (non-hydrogen) atoms. The van der Waals surface area contributed by atoms with Gasteiger partial charge in [-0.2, -0.15) is 0 Å². The Kier molecular flexibility index (Phi) is 3.15. The largest absolute Gasteiger partial charge is 0.328 e. The third-order valence-corrected chi connectivity index (χ3v) is 2.31. The summed E-state index contributed by atoms with van der Waals surface area (Å²) >= 11 is 0. The zero-order chi connectivity index (χ0) is 12.3. The summed E-state index contributed by atoms with van der Waals surface area (Å²) in [7, 11) is 1.78. The lowest BCUT2D eigenvalue weighted by atomic mass is 10.3. The van der Waals surface area contributed by atoms with Crippen LogP contribution >= 0.6 is 0 Å². The van der Waals surface area contributed by atoms with Gasteiger partial charge in [-0.3, -0.25) is 4.98 Å². The number of hydrogen-bond acceptors (Lipinski definition) is 5. The highest BCUT2D eigenvalue weighted by Crippen LogP contribution is 2.22. The van der Waals surface area contributed by atoms with E-state index in [-0.39, 0.29) is 5.82 Å². The Balaban J connectivity index is 2.33. The van der Waals surface area contributed by atoms with Crippen molar-refractivity contribution in [3.8, 4) is 0 Å². The molecule has 0 unspecified atom stereocenters. The van der Waals surface area contributed by atoms with Crippen molar-refractivity contribution in [3.63, 3.8) is 0 Å². The molecule has 0 bridgehead atoms. The Labute approximate surface area is 98.1 Å². The van der Waals surface area contributed by atoms with Crippen LogP contribution in [-0.4, -0.2) is 17.0 Å². The van der Waals surface area contributed by atoms with Crippen LogP contribution in [0.2, 0.25) is 0 Å². The first-order valence-electron chi connectivity index (χ1n) is 4.98. The van der Waals surface area contributed by atoms with Gasteiger partial charge in [0, 0.05) is 12.7 Å². The number of nitrogens with one attached hydrogen (secondary N) is 1. The molecule has 0 fully saturated rings. The first-order chi connectivity index (χ1) is 8.20. The molecule has 1 aromatic heterocycles. The number of anilines is 3. The zero-order valence-electron chi connectivity index (χ0n) is 9.26. The molecule has 1 heterocycles. The smallest absolute Gasteiger partial charge is 0.160 e. The van der Waals surface area contributed by atoms with Gasteiger partial charge in [-0.15, -0.1) is 0 Å². The van der Waals surface area contributed by atoms with Crippen LogP contribution in [0.25, 0.3) is 0 Å². The minimum atomic E-state index is -0.296. The summed E-state index contributed by atoms with van der Waals surface area (Å²) in [4.78, 5) is 9.91. The number of aromatic nitrogens is 2. The lowest BCUT2D eigenvalue weighted by Crippen LogP contribution is -2.14. The summed E-state index contributed by atoms with van der Waals surface area (Å²) in [5, 5.41) is 0. The number of benzene rings is 1. The molecule has 0 aliphatic carbocycles. The van der Waals surface area contributed by atoms with Gasteiger partial charge >= 0.3 is 0 Å². The van der Waals surface area contributed by atoms with Gasteiger partial charge < -0.3 is 10.3 Å². The Morgan fingerprint density at radius 3 is 2.88 bits per heavy atom. The molecule has 0 saturated carbocycles. The molecule has 2 aromatic rings. The normalized spacial score (nSPS) is 10.1. The quantitative estimate of drug-likeness (QED) is 0.623. The predicted molar refractivity (Wildman–Crippen MR) is 64.3 cm³/mol. The van der Waals surface area contributed by atoms with Gasteiger partial charge in [-0.1, -0.05) is 6.07 Å². The predicted octanol–water partition coefficient (Wildman–Crippen LogP) is 1.67. The SMILES string of the molecule is CN(c1cccc(F)c1)c1cncc(NN)n1. The fourth-order valence-corrected chi connectivity index (χ4v) is 1.40. The van der Waals surface area contributed by atoms with Crippen LogP contribution in [0.5, 0.6) is 0 Å². The van der Waals surface area contributed by atoms with Gasteiger partial charge in [0.05, 0.1) is 12.4 Å². The molecule has 2 rings (SSSR count). The van der Waals surface area contributed by atoms with Crippen LogP contribution in [0.4, 0.5) is 21.7 Å². The van der Waals surface area contributed by atoms with E-state index in [0.29, 0.717) is 17.3 Å². The summed E-state index contributed by atoms with van der Waals surface area (Å²) in [6.45, 7) is 0. The lowest BCUT2D eigenvalue weighted by Gasteiger charge is -2.18. The van der Waals surface area contributed by atoms with Crippen LogP contribution in [0.3, 0.4) is 0 Å². The molecule has 88 valence electrons. The number of nitrogen functional groups attached to an aromatic ring is 1. The molecule has 0 amide bonds. The second-order valence-electron chi connectivity index (χ2n) is 3.45. The Hall–Kier alpha value is -2.21. The van der Waals surface area contributed by atoms with Crippen molar-refractivity contribution in [1.82, 2.24) is 9.97 Å². The van der Waals surface area contributed by atoms with Gasteiger partial charge in [0.25, 0.3) is 0 Å². The number of nitrogens with zero attached hydrogens (tertiary/aromatic N) is 3.